The lowest BCUT2D eigenvalue weighted by atomic mass is 10.2. The molecule has 0 amide bonds. The number of rotatable bonds is 2. The maximum atomic E-state index is 10.9. The van der Waals surface area contributed by atoms with Crippen LogP contribution in [0.3, 0.4) is 0 Å². The molecule has 5 nitrogen and oxygen atoms in total. The van der Waals surface area contributed by atoms with Gasteiger partial charge in [-0.1, -0.05) is 0 Å². The van der Waals surface area contributed by atoms with Gasteiger partial charge in [-0.3, -0.25) is 4.55 Å². The third kappa shape index (κ3) is 3.18. The van der Waals surface area contributed by atoms with Crippen molar-refractivity contribution in [3.05, 3.63) is 0 Å². The van der Waals surface area contributed by atoms with Crippen LogP contribution < -0.4 is 4.72 Å². The minimum Gasteiger partial charge on any atom is -0.294 e. The molecule has 72 valence electrons. The van der Waals surface area contributed by atoms with E-state index in [1.807, 2.05) is 0 Å². The number of sulfone groups is 1. The lowest BCUT2D eigenvalue weighted by Crippen LogP contribution is -2.38. The molecule has 0 aromatic rings. The smallest absolute Gasteiger partial charge is 0.231 e. The predicted octanol–water partition coefficient (Wildman–Crippen LogP) is -0.710. The van der Waals surface area contributed by atoms with Gasteiger partial charge in [0, 0.05) is 6.04 Å². The lowest BCUT2D eigenvalue weighted by Gasteiger charge is -2.20. The largest absolute Gasteiger partial charge is 0.294 e. The molecular weight excluding hydrogens is 202 g/mol. The first-order chi connectivity index (χ1) is 5.49. The Balaban J connectivity index is 2.41. The average molecular weight is 213 g/mol. The molecule has 0 aromatic heterocycles. The van der Waals surface area contributed by atoms with E-state index in [1.165, 1.54) is 0 Å². The Morgan fingerprint density at radius 1 is 1.33 bits per heavy atom. The van der Waals surface area contributed by atoms with Crippen LogP contribution in [0.2, 0.25) is 0 Å². The van der Waals surface area contributed by atoms with Gasteiger partial charge in [-0.15, -0.1) is 0 Å². The van der Waals surface area contributed by atoms with E-state index in [-0.39, 0.29) is 17.5 Å². The molecule has 1 aliphatic rings. The molecule has 0 saturated carbocycles. The van der Waals surface area contributed by atoms with Crippen molar-refractivity contribution in [2.75, 3.05) is 11.5 Å². The van der Waals surface area contributed by atoms with E-state index in [0.717, 1.165) is 0 Å². The molecule has 0 aliphatic carbocycles. The van der Waals surface area contributed by atoms with E-state index >= 15 is 0 Å². The molecule has 0 aromatic carbocycles. The minimum atomic E-state index is -2.87. The molecule has 1 heterocycles. The van der Waals surface area contributed by atoms with Gasteiger partial charge in [0.25, 0.3) is 0 Å². The molecule has 1 rings (SSSR count). The highest BCUT2D eigenvalue weighted by Crippen LogP contribution is 2.11. The fourth-order valence-corrected chi connectivity index (χ4v) is 3.16. The van der Waals surface area contributed by atoms with E-state index in [0.29, 0.717) is 12.8 Å². The Hall–Kier alpha value is 0.0200. The highest BCUT2D eigenvalue weighted by molar-refractivity contribution is 7.91. The molecule has 0 radical (unpaired) electrons. The van der Waals surface area contributed by atoms with Crippen molar-refractivity contribution < 1.29 is 17.2 Å². The molecule has 0 spiro atoms. The Kier molecular flexibility index (Phi) is 3.22. The van der Waals surface area contributed by atoms with Crippen LogP contribution in [0.5, 0.6) is 0 Å². The van der Waals surface area contributed by atoms with Crippen molar-refractivity contribution >= 4 is 21.1 Å². The van der Waals surface area contributed by atoms with Gasteiger partial charge < -0.3 is 0 Å². The van der Waals surface area contributed by atoms with Gasteiger partial charge in [-0.2, -0.15) is 0 Å². The van der Waals surface area contributed by atoms with Crippen molar-refractivity contribution in [2.24, 2.45) is 0 Å². The Morgan fingerprint density at radius 3 is 2.25 bits per heavy atom. The molecule has 1 fully saturated rings. The SMILES string of the molecule is O=S(O)NC1CCS(=O)(=O)CC1. The fourth-order valence-electron chi connectivity index (χ4n) is 1.15. The van der Waals surface area contributed by atoms with Crippen molar-refractivity contribution in [3.8, 4) is 0 Å². The second-order valence-electron chi connectivity index (χ2n) is 2.79. The van der Waals surface area contributed by atoms with E-state index in [2.05, 4.69) is 4.72 Å². The van der Waals surface area contributed by atoms with Gasteiger partial charge in [-0.25, -0.2) is 17.3 Å². The summed E-state index contributed by atoms with van der Waals surface area (Å²) < 4.78 is 42.9. The topological polar surface area (TPSA) is 83.5 Å². The highest BCUT2D eigenvalue weighted by Gasteiger charge is 2.23. The monoisotopic (exact) mass is 213 g/mol. The van der Waals surface area contributed by atoms with Crippen LogP contribution in [0.1, 0.15) is 12.8 Å². The zero-order valence-corrected chi connectivity index (χ0v) is 8.03. The molecule has 1 saturated heterocycles. The molecule has 1 unspecified atom stereocenters. The van der Waals surface area contributed by atoms with Crippen LogP contribution in [-0.2, 0) is 21.1 Å². The summed E-state index contributed by atoms with van der Waals surface area (Å²) in [6, 6.07) is -0.139. The second kappa shape index (κ2) is 3.82. The van der Waals surface area contributed by atoms with Crippen molar-refractivity contribution in [1.82, 2.24) is 4.72 Å². The highest BCUT2D eigenvalue weighted by atomic mass is 32.2. The lowest BCUT2D eigenvalue weighted by molar-refractivity contribution is 0.492. The Bertz CT molecular complexity index is 259. The van der Waals surface area contributed by atoms with E-state index < -0.39 is 21.1 Å². The predicted molar refractivity (Wildman–Crippen MR) is 45.6 cm³/mol. The normalized spacial score (nSPS) is 26.8. The minimum absolute atomic E-state index is 0.113. The van der Waals surface area contributed by atoms with Gasteiger partial charge in [0.1, 0.15) is 9.84 Å². The second-order valence-corrected chi connectivity index (χ2v) is 5.83. The third-order valence-corrected chi connectivity index (χ3v) is 4.07. The van der Waals surface area contributed by atoms with Crippen LogP contribution in [0.4, 0.5) is 0 Å². The molecule has 7 heteroatoms. The van der Waals surface area contributed by atoms with Gasteiger partial charge in [-0.05, 0) is 12.8 Å². The molecule has 1 atom stereocenters. The molecule has 0 bridgehead atoms. The number of hydrogen-bond donors (Lipinski definition) is 2. The van der Waals surface area contributed by atoms with Gasteiger partial charge in [0.2, 0.25) is 11.3 Å². The first-order valence-electron chi connectivity index (χ1n) is 3.57. The third-order valence-electron chi connectivity index (χ3n) is 1.82. The van der Waals surface area contributed by atoms with E-state index in [1.54, 1.807) is 0 Å². The first kappa shape index (κ1) is 10.1. The van der Waals surface area contributed by atoms with Gasteiger partial charge in [0.05, 0.1) is 11.5 Å². The van der Waals surface area contributed by atoms with Crippen LogP contribution in [0.15, 0.2) is 0 Å². The Labute approximate surface area is 73.9 Å². The maximum Gasteiger partial charge on any atom is 0.231 e. The standard InChI is InChI=1S/C5H11NO4S2/c7-11(8)6-5-1-3-12(9,10)4-2-5/h5-6H,1-4H2,(H,7,8). The van der Waals surface area contributed by atoms with Gasteiger partial charge >= 0.3 is 0 Å². The van der Waals surface area contributed by atoms with Crippen molar-refractivity contribution in [3.63, 3.8) is 0 Å². The zero-order chi connectivity index (χ0) is 9.19. The summed E-state index contributed by atoms with van der Waals surface area (Å²) in [5, 5.41) is 0. The van der Waals surface area contributed by atoms with Crippen LogP contribution >= 0.6 is 0 Å². The first-order valence-corrected chi connectivity index (χ1v) is 6.50. The van der Waals surface area contributed by atoms with Crippen LogP contribution in [0, 0.1) is 0 Å². The summed E-state index contributed by atoms with van der Waals surface area (Å²) in [5.41, 5.74) is 0. The van der Waals surface area contributed by atoms with E-state index in [4.69, 9.17) is 4.55 Å². The summed E-state index contributed by atoms with van der Waals surface area (Å²) in [6.45, 7) is 0. The summed E-state index contributed by atoms with van der Waals surface area (Å²) in [4.78, 5) is 0. The molecular formula is C5H11NO4S2. The number of nitrogens with one attached hydrogen (secondary N) is 1. The molecule has 12 heavy (non-hydrogen) atoms. The van der Waals surface area contributed by atoms with Crippen molar-refractivity contribution in [1.29, 1.82) is 0 Å². The molecule has 1 aliphatic heterocycles. The maximum absolute atomic E-state index is 10.9. The summed E-state index contributed by atoms with van der Waals surface area (Å²) in [7, 11) is -2.87. The summed E-state index contributed by atoms with van der Waals surface area (Å²) >= 11 is -2.03. The summed E-state index contributed by atoms with van der Waals surface area (Å²) in [5.74, 6) is 0.226. The van der Waals surface area contributed by atoms with Crippen LogP contribution in [0.25, 0.3) is 0 Å². The molecule has 2 N–H and O–H groups in total. The quantitative estimate of drug-likeness (QED) is 0.594. The van der Waals surface area contributed by atoms with Crippen LogP contribution in [-0.4, -0.2) is 34.7 Å². The van der Waals surface area contributed by atoms with Gasteiger partial charge in [0.15, 0.2) is 0 Å². The van der Waals surface area contributed by atoms with E-state index in [9.17, 15) is 12.6 Å². The Morgan fingerprint density at radius 2 is 1.83 bits per heavy atom. The summed E-state index contributed by atoms with van der Waals surface area (Å²) in [6.07, 6.45) is 0.850. The average Bonchev–Trinajstić information content (AvgIpc) is 1.93. The number of hydrogen-bond acceptors (Lipinski definition) is 3. The van der Waals surface area contributed by atoms with Crippen molar-refractivity contribution in [2.45, 2.75) is 18.9 Å². The fraction of sp³-hybridized carbons (Fsp3) is 1.00. The zero-order valence-electron chi connectivity index (χ0n) is 6.39.